The van der Waals surface area contributed by atoms with Crippen LogP contribution in [0.25, 0.3) is 10.9 Å². The van der Waals surface area contributed by atoms with Crippen LogP contribution in [0, 0.1) is 19.3 Å². The molecule has 0 radical (unpaired) electrons. The molecule has 0 atom stereocenters. The fourth-order valence-corrected chi connectivity index (χ4v) is 4.16. The Morgan fingerprint density at radius 2 is 1.84 bits per heavy atom. The van der Waals surface area contributed by atoms with Crippen LogP contribution in [0.2, 0.25) is 0 Å². The summed E-state index contributed by atoms with van der Waals surface area (Å²) in [6, 6.07) is 9.57. The standard InChI is InChI=1S/C24H27N5O2/c1-3-4-11-24(26-27-24)12-10-22(30)28-13-7-14-29(16-15-28)23(31)20-17-18(2)25-21-9-6-5-8-19(20)21/h1,5-6,8-9,17H,4,7,10-16H2,2H3. The van der Waals surface area contributed by atoms with E-state index < -0.39 is 5.66 Å². The summed E-state index contributed by atoms with van der Waals surface area (Å²) in [4.78, 5) is 34.3. The molecule has 7 heteroatoms. The number of rotatable bonds is 6. The van der Waals surface area contributed by atoms with Crippen molar-refractivity contribution >= 4 is 22.7 Å². The fourth-order valence-electron chi connectivity index (χ4n) is 4.16. The molecule has 2 amide bonds. The van der Waals surface area contributed by atoms with Crippen LogP contribution in [-0.4, -0.2) is 58.4 Å². The van der Waals surface area contributed by atoms with Crippen molar-refractivity contribution in [3.05, 3.63) is 41.6 Å². The Morgan fingerprint density at radius 3 is 2.61 bits per heavy atom. The molecule has 31 heavy (non-hydrogen) atoms. The number of para-hydroxylation sites is 1. The van der Waals surface area contributed by atoms with Crippen molar-refractivity contribution in [2.75, 3.05) is 26.2 Å². The lowest BCUT2D eigenvalue weighted by Gasteiger charge is -2.23. The minimum absolute atomic E-state index is 0.000170. The van der Waals surface area contributed by atoms with Crippen molar-refractivity contribution in [1.29, 1.82) is 0 Å². The summed E-state index contributed by atoms with van der Waals surface area (Å²) in [5.74, 6) is 2.70. The summed E-state index contributed by atoms with van der Waals surface area (Å²) >= 11 is 0. The van der Waals surface area contributed by atoms with Gasteiger partial charge in [-0.05, 0) is 25.5 Å². The fraction of sp³-hybridized carbons (Fsp3) is 0.458. The number of aryl methyl sites for hydroxylation is 1. The van der Waals surface area contributed by atoms with Crippen molar-refractivity contribution < 1.29 is 9.59 Å². The molecule has 1 aromatic heterocycles. The molecule has 1 saturated heterocycles. The number of pyridine rings is 1. The van der Waals surface area contributed by atoms with Gasteiger partial charge in [-0.1, -0.05) is 18.2 Å². The number of fused-ring (bicyclic) bond motifs is 1. The molecule has 1 fully saturated rings. The normalized spacial score (nSPS) is 17.3. The molecule has 0 aliphatic carbocycles. The monoisotopic (exact) mass is 417 g/mol. The highest BCUT2D eigenvalue weighted by Gasteiger charge is 2.39. The number of benzene rings is 1. The van der Waals surface area contributed by atoms with E-state index in [-0.39, 0.29) is 11.8 Å². The Kier molecular flexibility index (Phi) is 5.99. The summed E-state index contributed by atoms with van der Waals surface area (Å²) in [6.45, 7) is 4.26. The Balaban J connectivity index is 1.38. The van der Waals surface area contributed by atoms with Gasteiger partial charge in [-0.15, -0.1) is 12.3 Å². The summed E-state index contributed by atoms with van der Waals surface area (Å²) in [5.41, 5.74) is 1.89. The van der Waals surface area contributed by atoms with Crippen molar-refractivity contribution in [1.82, 2.24) is 14.8 Å². The van der Waals surface area contributed by atoms with Crippen molar-refractivity contribution in [2.45, 2.75) is 44.7 Å². The van der Waals surface area contributed by atoms with Gasteiger partial charge < -0.3 is 9.80 Å². The highest BCUT2D eigenvalue weighted by Crippen LogP contribution is 2.37. The van der Waals surface area contributed by atoms with Crippen LogP contribution in [0.4, 0.5) is 0 Å². The van der Waals surface area contributed by atoms with E-state index in [9.17, 15) is 9.59 Å². The van der Waals surface area contributed by atoms with E-state index in [2.05, 4.69) is 21.1 Å². The van der Waals surface area contributed by atoms with Crippen LogP contribution in [0.15, 0.2) is 40.6 Å². The number of carbonyl (C=O) groups is 2. The zero-order valence-electron chi connectivity index (χ0n) is 17.9. The molecular formula is C24H27N5O2. The predicted molar refractivity (Wildman–Crippen MR) is 118 cm³/mol. The summed E-state index contributed by atoms with van der Waals surface area (Å²) in [7, 11) is 0. The number of hydrogen-bond donors (Lipinski definition) is 0. The maximum atomic E-state index is 13.3. The first kappa shape index (κ1) is 21.0. The zero-order chi connectivity index (χ0) is 21.8. The topological polar surface area (TPSA) is 78.2 Å². The Labute approximate surface area is 182 Å². The van der Waals surface area contributed by atoms with Crippen LogP contribution in [0.5, 0.6) is 0 Å². The minimum atomic E-state index is -0.434. The zero-order valence-corrected chi connectivity index (χ0v) is 17.9. The molecule has 2 aromatic rings. The average Bonchev–Trinajstić information content (AvgIpc) is 3.58. The van der Waals surface area contributed by atoms with Crippen LogP contribution < -0.4 is 0 Å². The third-order valence-corrected chi connectivity index (χ3v) is 6.00. The minimum Gasteiger partial charge on any atom is -0.341 e. The number of carbonyl (C=O) groups excluding carboxylic acids is 2. The molecule has 0 spiro atoms. The lowest BCUT2D eigenvalue weighted by Crippen LogP contribution is -2.37. The van der Waals surface area contributed by atoms with E-state index in [1.807, 2.05) is 47.1 Å². The van der Waals surface area contributed by atoms with Crippen molar-refractivity contribution in [3.8, 4) is 12.3 Å². The molecule has 0 N–H and O–H groups in total. The number of amides is 2. The molecule has 0 saturated carbocycles. The second-order valence-corrected chi connectivity index (χ2v) is 8.24. The molecule has 1 aromatic carbocycles. The van der Waals surface area contributed by atoms with E-state index in [1.165, 1.54) is 0 Å². The quantitative estimate of drug-likeness (QED) is 0.674. The van der Waals surface area contributed by atoms with Gasteiger partial charge in [0.1, 0.15) is 0 Å². The Morgan fingerprint density at radius 1 is 1.10 bits per heavy atom. The molecule has 0 unspecified atom stereocenters. The van der Waals surface area contributed by atoms with E-state index in [0.717, 1.165) is 23.0 Å². The Hall–Kier alpha value is -3.27. The number of aromatic nitrogens is 1. The largest absolute Gasteiger partial charge is 0.341 e. The van der Waals surface area contributed by atoms with E-state index >= 15 is 0 Å². The predicted octanol–water partition coefficient (Wildman–Crippen LogP) is 3.57. The first-order valence-corrected chi connectivity index (χ1v) is 10.8. The summed E-state index contributed by atoms with van der Waals surface area (Å²) in [5, 5.41) is 9.08. The SMILES string of the molecule is C#CCCC1(CCC(=O)N2CCCN(C(=O)c3cc(C)nc4ccccc34)CC2)N=N1. The van der Waals surface area contributed by atoms with Gasteiger partial charge in [0.15, 0.2) is 5.66 Å². The third-order valence-electron chi connectivity index (χ3n) is 6.00. The van der Waals surface area contributed by atoms with E-state index in [0.29, 0.717) is 57.4 Å². The van der Waals surface area contributed by atoms with Crippen LogP contribution in [0.3, 0.4) is 0 Å². The van der Waals surface area contributed by atoms with Crippen LogP contribution >= 0.6 is 0 Å². The van der Waals surface area contributed by atoms with Gasteiger partial charge in [-0.3, -0.25) is 14.6 Å². The first-order chi connectivity index (χ1) is 15.0. The highest BCUT2D eigenvalue weighted by atomic mass is 16.2. The molecule has 3 heterocycles. The molecule has 4 rings (SSSR count). The number of nitrogens with zero attached hydrogens (tertiary/aromatic N) is 5. The smallest absolute Gasteiger partial charge is 0.254 e. The van der Waals surface area contributed by atoms with Gasteiger partial charge >= 0.3 is 0 Å². The van der Waals surface area contributed by atoms with Gasteiger partial charge in [0.05, 0.1) is 11.1 Å². The number of terminal acetylenes is 1. The van der Waals surface area contributed by atoms with Gasteiger partial charge in [0.2, 0.25) is 5.91 Å². The molecular weight excluding hydrogens is 390 g/mol. The highest BCUT2D eigenvalue weighted by molar-refractivity contribution is 6.06. The third kappa shape index (κ3) is 4.74. The molecule has 2 aliphatic rings. The lowest BCUT2D eigenvalue weighted by molar-refractivity contribution is -0.131. The van der Waals surface area contributed by atoms with Crippen molar-refractivity contribution in [2.24, 2.45) is 10.2 Å². The van der Waals surface area contributed by atoms with Gasteiger partial charge in [0, 0.05) is 62.9 Å². The van der Waals surface area contributed by atoms with Crippen LogP contribution in [0.1, 0.15) is 48.2 Å². The van der Waals surface area contributed by atoms with E-state index in [1.54, 1.807) is 0 Å². The van der Waals surface area contributed by atoms with E-state index in [4.69, 9.17) is 6.42 Å². The molecule has 160 valence electrons. The summed E-state index contributed by atoms with van der Waals surface area (Å²) in [6.07, 6.45) is 8.42. The molecule has 2 aliphatic heterocycles. The summed E-state index contributed by atoms with van der Waals surface area (Å²) < 4.78 is 0. The average molecular weight is 418 g/mol. The maximum Gasteiger partial charge on any atom is 0.254 e. The Bertz CT molecular complexity index is 1070. The first-order valence-electron chi connectivity index (χ1n) is 10.8. The van der Waals surface area contributed by atoms with Crippen molar-refractivity contribution in [3.63, 3.8) is 0 Å². The molecule has 0 bridgehead atoms. The van der Waals surface area contributed by atoms with Crippen LogP contribution in [-0.2, 0) is 4.79 Å². The second kappa shape index (κ2) is 8.84. The van der Waals surface area contributed by atoms with Gasteiger partial charge in [-0.2, -0.15) is 10.2 Å². The number of hydrogen-bond acceptors (Lipinski definition) is 5. The van der Waals surface area contributed by atoms with Gasteiger partial charge in [-0.25, -0.2) is 0 Å². The molecule has 7 nitrogen and oxygen atoms in total. The second-order valence-electron chi connectivity index (χ2n) is 8.24. The maximum absolute atomic E-state index is 13.3. The van der Waals surface area contributed by atoms with Gasteiger partial charge in [0.25, 0.3) is 5.91 Å². The lowest BCUT2D eigenvalue weighted by atomic mass is 10.0.